The number of furan rings is 1. The average molecular weight is 210 g/mol. The van der Waals surface area contributed by atoms with Gasteiger partial charge < -0.3 is 15.3 Å². The highest BCUT2D eigenvalue weighted by Crippen LogP contribution is 2.29. The second-order valence-electron chi connectivity index (χ2n) is 2.97. The van der Waals surface area contributed by atoms with Crippen molar-refractivity contribution in [3.05, 3.63) is 34.7 Å². The van der Waals surface area contributed by atoms with Crippen LogP contribution in [0.4, 0.5) is 5.13 Å². The number of hydrogen-bond donors (Lipinski definition) is 2. The standard InChI is InChI=1S/C9H10N2O2S/c1-5-2-3-13-8(5)7(12)6-4-11-9(10)14-6/h2-4,7,12H,1H3,(H2,10,11). The van der Waals surface area contributed by atoms with E-state index in [4.69, 9.17) is 10.2 Å². The van der Waals surface area contributed by atoms with Crippen LogP contribution in [0, 0.1) is 6.92 Å². The van der Waals surface area contributed by atoms with Crippen molar-refractivity contribution < 1.29 is 9.52 Å². The molecular formula is C9H10N2O2S. The number of nitrogens with two attached hydrogens (primary N) is 1. The van der Waals surface area contributed by atoms with Crippen LogP contribution in [0.5, 0.6) is 0 Å². The third kappa shape index (κ3) is 1.51. The Balaban J connectivity index is 2.33. The Labute approximate surface area is 85.0 Å². The van der Waals surface area contributed by atoms with Crippen LogP contribution < -0.4 is 5.73 Å². The number of hydrogen-bond acceptors (Lipinski definition) is 5. The van der Waals surface area contributed by atoms with Gasteiger partial charge in [0, 0.05) is 6.20 Å². The predicted molar refractivity (Wildman–Crippen MR) is 54.0 cm³/mol. The van der Waals surface area contributed by atoms with Crippen molar-refractivity contribution in [2.24, 2.45) is 0 Å². The van der Waals surface area contributed by atoms with E-state index >= 15 is 0 Å². The van der Waals surface area contributed by atoms with Crippen molar-refractivity contribution >= 4 is 16.5 Å². The van der Waals surface area contributed by atoms with Crippen molar-refractivity contribution in [2.75, 3.05) is 5.73 Å². The molecule has 0 amide bonds. The van der Waals surface area contributed by atoms with Crippen molar-refractivity contribution in [3.63, 3.8) is 0 Å². The molecule has 0 aliphatic heterocycles. The first-order chi connectivity index (χ1) is 6.68. The third-order valence-corrected chi connectivity index (χ3v) is 2.84. The van der Waals surface area contributed by atoms with Crippen LogP contribution in [0.1, 0.15) is 22.3 Å². The summed E-state index contributed by atoms with van der Waals surface area (Å²) < 4.78 is 5.18. The molecule has 0 fully saturated rings. The highest BCUT2D eigenvalue weighted by molar-refractivity contribution is 7.15. The topological polar surface area (TPSA) is 72.3 Å². The van der Waals surface area contributed by atoms with E-state index in [1.54, 1.807) is 12.5 Å². The molecule has 3 N–H and O–H groups in total. The van der Waals surface area contributed by atoms with Gasteiger partial charge in [0.1, 0.15) is 11.9 Å². The van der Waals surface area contributed by atoms with E-state index in [-0.39, 0.29) is 0 Å². The zero-order valence-corrected chi connectivity index (χ0v) is 8.41. The van der Waals surface area contributed by atoms with Gasteiger partial charge in [-0.25, -0.2) is 4.98 Å². The Morgan fingerprint density at radius 2 is 2.43 bits per heavy atom. The lowest BCUT2D eigenvalue weighted by atomic mass is 10.2. The van der Waals surface area contributed by atoms with Crippen molar-refractivity contribution in [1.82, 2.24) is 4.98 Å². The van der Waals surface area contributed by atoms with E-state index in [1.807, 2.05) is 13.0 Å². The molecule has 0 radical (unpaired) electrons. The lowest BCUT2D eigenvalue weighted by molar-refractivity contribution is 0.191. The third-order valence-electron chi connectivity index (χ3n) is 1.96. The van der Waals surface area contributed by atoms with Gasteiger partial charge in [0.05, 0.1) is 11.1 Å². The quantitative estimate of drug-likeness (QED) is 0.791. The lowest BCUT2D eigenvalue weighted by Crippen LogP contribution is -1.96. The van der Waals surface area contributed by atoms with Crippen LogP contribution in [-0.4, -0.2) is 10.1 Å². The Morgan fingerprint density at radius 3 is 2.93 bits per heavy atom. The fourth-order valence-electron chi connectivity index (χ4n) is 1.22. The second-order valence-corrected chi connectivity index (χ2v) is 4.07. The summed E-state index contributed by atoms with van der Waals surface area (Å²) in [6.07, 6.45) is 2.35. The van der Waals surface area contributed by atoms with Crippen LogP contribution in [0.15, 0.2) is 22.9 Å². The van der Waals surface area contributed by atoms with Gasteiger partial charge >= 0.3 is 0 Å². The first-order valence-corrected chi connectivity index (χ1v) is 4.93. The highest BCUT2D eigenvalue weighted by atomic mass is 32.1. The van der Waals surface area contributed by atoms with E-state index in [1.165, 1.54) is 11.3 Å². The maximum atomic E-state index is 9.90. The van der Waals surface area contributed by atoms with E-state index in [0.717, 1.165) is 5.56 Å². The number of aliphatic hydroxyl groups is 1. The second kappa shape index (κ2) is 3.43. The monoisotopic (exact) mass is 210 g/mol. The molecule has 0 saturated heterocycles. The number of anilines is 1. The number of rotatable bonds is 2. The molecule has 74 valence electrons. The van der Waals surface area contributed by atoms with Crippen LogP contribution in [0.25, 0.3) is 0 Å². The number of nitrogen functional groups attached to an aromatic ring is 1. The summed E-state index contributed by atoms with van der Waals surface area (Å²) in [5, 5.41) is 10.3. The normalized spacial score (nSPS) is 13.0. The van der Waals surface area contributed by atoms with E-state index in [2.05, 4.69) is 4.98 Å². The molecule has 0 aliphatic carbocycles. The number of thiazole rings is 1. The molecule has 5 heteroatoms. The largest absolute Gasteiger partial charge is 0.466 e. The molecule has 2 heterocycles. The molecule has 1 atom stereocenters. The molecule has 2 aromatic heterocycles. The Hall–Kier alpha value is -1.33. The van der Waals surface area contributed by atoms with Crippen molar-refractivity contribution in [2.45, 2.75) is 13.0 Å². The summed E-state index contributed by atoms with van der Waals surface area (Å²) in [5.41, 5.74) is 6.39. The summed E-state index contributed by atoms with van der Waals surface area (Å²) >= 11 is 1.26. The fourth-order valence-corrected chi connectivity index (χ4v) is 1.89. The molecule has 0 aromatic carbocycles. The Kier molecular flexibility index (Phi) is 2.26. The molecule has 1 unspecified atom stereocenters. The van der Waals surface area contributed by atoms with Gasteiger partial charge in [-0.15, -0.1) is 0 Å². The predicted octanol–water partition coefficient (Wildman–Crippen LogP) is 1.71. The Bertz CT molecular complexity index is 435. The summed E-state index contributed by atoms with van der Waals surface area (Å²) in [6, 6.07) is 1.81. The van der Waals surface area contributed by atoms with Gasteiger partial charge in [-0.2, -0.15) is 0 Å². The fraction of sp³-hybridized carbons (Fsp3) is 0.222. The van der Waals surface area contributed by atoms with E-state index < -0.39 is 6.10 Å². The molecule has 0 aliphatic rings. The summed E-state index contributed by atoms with van der Waals surface area (Å²) in [5.74, 6) is 0.550. The molecule has 0 saturated carbocycles. The summed E-state index contributed by atoms with van der Waals surface area (Å²) in [7, 11) is 0. The number of aromatic nitrogens is 1. The van der Waals surface area contributed by atoms with Gasteiger partial charge in [0.2, 0.25) is 0 Å². The van der Waals surface area contributed by atoms with Crippen LogP contribution in [-0.2, 0) is 0 Å². The van der Waals surface area contributed by atoms with Gasteiger partial charge in [-0.3, -0.25) is 0 Å². The maximum absolute atomic E-state index is 9.90. The minimum atomic E-state index is -0.764. The molecule has 2 rings (SSSR count). The maximum Gasteiger partial charge on any atom is 0.180 e. The van der Waals surface area contributed by atoms with Gasteiger partial charge in [0.25, 0.3) is 0 Å². The summed E-state index contributed by atoms with van der Waals surface area (Å²) in [6.45, 7) is 1.88. The molecule has 14 heavy (non-hydrogen) atoms. The number of aliphatic hydroxyl groups excluding tert-OH is 1. The first-order valence-electron chi connectivity index (χ1n) is 4.11. The van der Waals surface area contributed by atoms with Crippen LogP contribution >= 0.6 is 11.3 Å². The van der Waals surface area contributed by atoms with Crippen LogP contribution in [0.2, 0.25) is 0 Å². The van der Waals surface area contributed by atoms with Crippen LogP contribution in [0.3, 0.4) is 0 Å². The highest BCUT2D eigenvalue weighted by Gasteiger charge is 2.18. The minimum absolute atomic E-state index is 0.447. The summed E-state index contributed by atoms with van der Waals surface area (Å²) in [4.78, 5) is 4.57. The smallest absolute Gasteiger partial charge is 0.180 e. The van der Waals surface area contributed by atoms with E-state index in [0.29, 0.717) is 15.8 Å². The van der Waals surface area contributed by atoms with E-state index in [9.17, 15) is 5.11 Å². The number of nitrogens with zero attached hydrogens (tertiary/aromatic N) is 1. The Morgan fingerprint density at radius 1 is 1.64 bits per heavy atom. The van der Waals surface area contributed by atoms with Crippen molar-refractivity contribution in [1.29, 1.82) is 0 Å². The lowest BCUT2D eigenvalue weighted by Gasteiger charge is -2.04. The molecular weight excluding hydrogens is 200 g/mol. The molecule has 0 bridgehead atoms. The van der Waals surface area contributed by atoms with Gasteiger partial charge in [-0.1, -0.05) is 11.3 Å². The van der Waals surface area contributed by atoms with Gasteiger partial charge in [0.15, 0.2) is 5.13 Å². The first kappa shape index (κ1) is 9.23. The number of aryl methyl sites for hydroxylation is 1. The molecule has 2 aromatic rings. The van der Waals surface area contributed by atoms with Crippen molar-refractivity contribution in [3.8, 4) is 0 Å². The zero-order valence-electron chi connectivity index (χ0n) is 7.60. The molecule has 4 nitrogen and oxygen atoms in total. The minimum Gasteiger partial charge on any atom is -0.466 e. The van der Waals surface area contributed by atoms with Gasteiger partial charge in [-0.05, 0) is 18.6 Å². The average Bonchev–Trinajstić information content (AvgIpc) is 2.73. The molecule has 0 spiro atoms. The SMILES string of the molecule is Cc1ccoc1C(O)c1cnc(N)s1. The zero-order chi connectivity index (χ0) is 10.1.